The van der Waals surface area contributed by atoms with E-state index in [1.54, 1.807) is 0 Å². The van der Waals surface area contributed by atoms with Gasteiger partial charge in [-0.1, -0.05) is 90.9 Å². The van der Waals surface area contributed by atoms with Crippen molar-refractivity contribution in [2.24, 2.45) is 5.92 Å². The van der Waals surface area contributed by atoms with E-state index in [1.165, 1.54) is 64.2 Å². The predicted molar refractivity (Wildman–Crippen MR) is 98.4 cm³/mol. The lowest BCUT2D eigenvalue weighted by Crippen LogP contribution is -2.13. The van der Waals surface area contributed by atoms with Gasteiger partial charge in [-0.15, -0.1) is 13.2 Å². The standard InChI is InChI=1S/C18H36O2.C2H4/c1-3-5-7-9-11-13-15-17(18(19)20)16-14-12-10-8-6-4-2;1-2/h17H,3-16H2,1-2H3,(H,19,20);1-2H2. The molecule has 0 heterocycles. The third-order valence-corrected chi connectivity index (χ3v) is 4.16. The largest absolute Gasteiger partial charge is 0.481 e. The number of rotatable bonds is 15. The maximum Gasteiger partial charge on any atom is 0.306 e. The Morgan fingerprint density at radius 2 is 1.05 bits per heavy atom. The van der Waals surface area contributed by atoms with Gasteiger partial charge in [-0.25, -0.2) is 0 Å². The highest BCUT2D eigenvalue weighted by atomic mass is 16.4. The van der Waals surface area contributed by atoms with Gasteiger partial charge in [-0.3, -0.25) is 4.79 Å². The molecule has 0 rings (SSSR count). The summed E-state index contributed by atoms with van der Waals surface area (Å²) in [5, 5.41) is 9.25. The summed E-state index contributed by atoms with van der Waals surface area (Å²) in [6.07, 6.45) is 16.7. The van der Waals surface area contributed by atoms with E-state index in [9.17, 15) is 9.90 Å². The smallest absolute Gasteiger partial charge is 0.306 e. The Hall–Kier alpha value is -0.790. The first-order chi connectivity index (χ1) is 10.7. The monoisotopic (exact) mass is 312 g/mol. The number of aliphatic carboxylic acids is 1. The highest BCUT2D eigenvalue weighted by Gasteiger charge is 2.16. The Bertz CT molecular complexity index is 210. The van der Waals surface area contributed by atoms with Gasteiger partial charge in [0.2, 0.25) is 0 Å². The first kappa shape index (κ1) is 23.5. The molecule has 0 unspecified atom stereocenters. The Morgan fingerprint density at radius 3 is 1.36 bits per heavy atom. The van der Waals surface area contributed by atoms with Gasteiger partial charge in [0.15, 0.2) is 0 Å². The lowest BCUT2D eigenvalue weighted by atomic mass is 9.94. The van der Waals surface area contributed by atoms with Gasteiger partial charge >= 0.3 is 5.97 Å². The molecule has 2 heteroatoms. The second-order valence-electron chi connectivity index (χ2n) is 6.15. The zero-order chi connectivity index (χ0) is 17.1. The zero-order valence-electron chi connectivity index (χ0n) is 15.2. The molecular formula is C20H40O2. The maximum atomic E-state index is 11.2. The summed E-state index contributed by atoms with van der Waals surface area (Å²) in [4.78, 5) is 11.2. The van der Waals surface area contributed by atoms with E-state index in [0.29, 0.717) is 0 Å². The molecule has 0 saturated carbocycles. The van der Waals surface area contributed by atoms with E-state index < -0.39 is 5.97 Å². The van der Waals surface area contributed by atoms with Crippen LogP contribution in [-0.2, 0) is 4.79 Å². The van der Waals surface area contributed by atoms with Crippen molar-refractivity contribution in [1.29, 1.82) is 0 Å². The summed E-state index contributed by atoms with van der Waals surface area (Å²) >= 11 is 0. The fourth-order valence-electron chi connectivity index (χ4n) is 2.73. The van der Waals surface area contributed by atoms with E-state index in [0.717, 1.165) is 25.7 Å². The maximum absolute atomic E-state index is 11.2. The summed E-state index contributed by atoms with van der Waals surface area (Å²) in [6, 6.07) is 0. The van der Waals surface area contributed by atoms with E-state index in [2.05, 4.69) is 27.0 Å². The fraction of sp³-hybridized carbons (Fsp3) is 0.850. The summed E-state index contributed by atoms with van der Waals surface area (Å²) in [5.74, 6) is -0.667. The second kappa shape index (κ2) is 20.2. The van der Waals surface area contributed by atoms with Crippen LogP contribution in [0.4, 0.5) is 0 Å². The van der Waals surface area contributed by atoms with Crippen LogP contribution in [0.2, 0.25) is 0 Å². The van der Waals surface area contributed by atoms with Gasteiger partial charge in [0.25, 0.3) is 0 Å². The molecule has 0 aliphatic carbocycles. The molecule has 0 aliphatic heterocycles. The van der Waals surface area contributed by atoms with Crippen molar-refractivity contribution < 1.29 is 9.90 Å². The van der Waals surface area contributed by atoms with Crippen molar-refractivity contribution in [2.75, 3.05) is 0 Å². The number of unbranched alkanes of at least 4 members (excludes halogenated alkanes) is 10. The van der Waals surface area contributed by atoms with E-state index in [4.69, 9.17) is 0 Å². The molecule has 0 amide bonds. The van der Waals surface area contributed by atoms with Gasteiger partial charge < -0.3 is 5.11 Å². The highest BCUT2D eigenvalue weighted by Crippen LogP contribution is 2.19. The van der Waals surface area contributed by atoms with E-state index in [-0.39, 0.29) is 5.92 Å². The van der Waals surface area contributed by atoms with Gasteiger partial charge in [0, 0.05) is 0 Å². The number of hydrogen-bond donors (Lipinski definition) is 1. The zero-order valence-corrected chi connectivity index (χ0v) is 15.2. The molecule has 0 saturated heterocycles. The Balaban J connectivity index is 0. The van der Waals surface area contributed by atoms with Crippen LogP contribution in [0.3, 0.4) is 0 Å². The molecule has 0 radical (unpaired) electrons. The summed E-state index contributed by atoms with van der Waals surface area (Å²) in [7, 11) is 0. The van der Waals surface area contributed by atoms with Crippen LogP contribution >= 0.6 is 0 Å². The van der Waals surface area contributed by atoms with Gasteiger partial charge in [0.05, 0.1) is 5.92 Å². The number of hydrogen-bond acceptors (Lipinski definition) is 1. The average Bonchev–Trinajstić information content (AvgIpc) is 2.53. The summed E-state index contributed by atoms with van der Waals surface area (Å²) in [6.45, 7) is 10.4. The molecule has 0 aromatic heterocycles. The predicted octanol–water partition coefficient (Wildman–Crippen LogP) is 6.99. The molecule has 0 spiro atoms. The van der Waals surface area contributed by atoms with Crippen LogP contribution in [0.5, 0.6) is 0 Å². The molecule has 1 N–H and O–H groups in total. The van der Waals surface area contributed by atoms with Crippen molar-refractivity contribution >= 4 is 5.97 Å². The molecule has 0 fully saturated rings. The molecule has 0 aromatic rings. The number of carboxylic acids is 1. The van der Waals surface area contributed by atoms with Crippen LogP contribution in [0.15, 0.2) is 13.2 Å². The molecule has 22 heavy (non-hydrogen) atoms. The van der Waals surface area contributed by atoms with Gasteiger partial charge in [-0.2, -0.15) is 0 Å². The second-order valence-corrected chi connectivity index (χ2v) is 6.15. The molecule has 0 aliphatic rings. The van der Waals surface area contributed by atoms with Gasteiger partial charge in [-0.05, 0) is 12.8 Å². The summed E-state index contributed by atoms with van der Waals surface area (Å²) in [5.41, 5.74) is 0. The molecule has 0 aromatic carbocycles. The first-order valence-corrected chi connectivity index (χ1v) is 9.45. The summed E-state index contributed by atoms with van der Waals surface area (Å²) < 4.78 is 0. The molecule has 2 nitrogen and oxygen atoms in total. The third-order valence-electron chi connectivity index (χ3n) is 4.16. The van der Waals surface area contributed by atoms with Crippen LogP contribution in [0.25, 0.3) is 0 Å². The molecule has 0 bridgehead atoms. The normalized spacial score (nSPS) is 10.3. The van der Waals surface area contributed by atoms with Crippen LogP contribution < -0.4 is 0 Å². The minimum atomic E-state index is -0.577. The third kappa shape index (κ3) is 17.3. The Kier molecular flexibility index (Phi) is 21.6. The van der Waals surface area contributed by atoms with Crippen molar-refractivity contribution in [3.63, 3.8) is 0 Å². The lowest BCUT2D eigenvalue weighted by molar-refractivity contribution is -0.142. The number of carboxylic acid groups (broad SMARTS) is 1. The Morgan fingerprint density at radius 1 is 0.727 bits per heavy atom. The van der Waals surface area contributed by atoms with Crippen LogP contribution in [0.1, 0.15) is 104 Å². The topological polar surface area (TPSA) is 37.3 Å². The average molecular weight is 313 g/mol. The molecule has 0 atom stereocenters. The molecule has 132 valence electrons. The van der Waals surface area contributed by atoms with Crippen molar-refractivity contribution in [1.82, 2.24) is 0 Å². The van der Waals surface area contributed by atoms with Crippen LogP contribution in [0, 0.1) is 5.92 Å². The first-order valence-electron chi connectivity index (χ1n) is 9.45. The minimum Gasteiger partial charge on any atom is -0.481 e. The van der Waals surface area contributed by atoms with E-state index in [1.807, 2.05) is 0 Å². The van der Waals surface area contributed by atoms with Crippen molar-refractivity contribution in [3.8, 4) is 0 Å². The molecular weight excluding hydrogens is 272 g/mol. The van der Waals surface area contributed by atoms with Crippen LogP contribution in [-0.4, -0.2) is 11.1 Å². The number of carbonyl (C=O) groups is 1. The lowest BCUT2D eigenvalue weighted by Gasteiger charge is -2.12. The van der Waals surface area contributed by atoms with Gasteiger partial charge in [0.1, 0.15) is 0 Å². The quantitative estimate of drug-likeness (QED) is 0.261. The van der Waals surface area contributed by atoms with Crippen molar-refractivity contribution in [3.05, 3.63) is 13.2 Å². The SMILES string of the molecule is C=C.CCCCCCCCC(CCCCCCCC)C(=O)O. The van der Waals surface area contributed by atoms with E-state index >= 15 is 0 Å². The van der Waals surface area contributed by atoms with Crippen molar-refractivity contribution in [2.45, 2.75) is 104 Å². The fourth-order valence-corrected chi connectivity index (χ4v) is 2.73. The minimum absolute atomic E-state index is 0.0904. The highest BCUT2D eigenvalue weighted by molar-refractivity contribution is 5.69. The Labute approximate surface area is 139 Å².